The van der Waals surface area contributed by atoms with Gasteiger partial charge >= 0.3 is 0 Å². The molecule has 1 amide bonds. The maximum absolute atomic E-state index is 12.1. The largest absolute Gasteiger partial charge is 0.376 e. The van der Waals surface area contributed by atoms with Gasteiger partial charge in [0.25, 0.3) is 0 Å². The average molecular weight is 323 g/mol. The normalized spacial score (nSPS) is 14.3. The zero-order chi connectivity index (χ0) is 16.8. The van der Waals surface area contributed by atoms with Crippen molar-refractivity contribution in [3.8, 4) is 0 Å². The molecular formula is C20H25N3O. The minimum Gasteiger partial charge on any atom is -0.376 e. The second-order valence-corrected chi connectivity index (χ2v) is 6.36. The number of amides is 1. The van der Waals surface area contributed by atoms with E-state index in [0.29, 0.717) is 0 Å². The lowest BCUT2D eigenvalue weighted by Gasteiger charge is -2.28. The quantitative estimate of drug-likeness (QED) is 0.873. The van der Waals surface area contributed by atoms with Crippen LogP contribution >= 0.6 is 0 Å². The van der Waals surface area contributed by atoms with Crippen molar-refractivity contribution < 1.29 is 4.79 Å². The van der Waals surface area contributed by atoms with Crippen molar-refractivity contribution in [2.24, 2.45) is 0 Å². The summed E-state index contributed by atoms with van der Waals surface area (Å²) in [7, 11) is 0. The molecule has 2 aromatic rings. The van der Waals surface area contributed by atoms with Crippen molar-refractivity contribution in [2.45, 2.75) is 26.2 Å². The van der Waals surface area contributed by atoms with Crippen molar-refractivity contribution in [1.82, 2.24) is 0 Å². The molecule has 0 saturated carbocycles. The van der Waals surface area contributed by atoms with Gasteiger partial charge < -0.3 is 15.5 Å². The molecule has 1 aliphatic rings. The highest BCUT2D eigenvalue weighted by atomic mass is 16.1. The Balaban J connectivity index is 1.49. The molecule has 3 rings (SSSR count). The summed E-state index contributed by atoms with van der Waals surface area (Å²) in [4.78, 5) is 14.5. The van der Waals surface area contributed by atoms with Crippen molar-refractivity contribution >= 4 is 23.0 Å². The lowest BCUT2D eigenvalue weighted by molar-refractivity contribution is -0.114. The van der Waals surface area contributed by atoms with Crippen LogP contribution in [0.1, 0.15) is 24.8 Å². The van der Waals surface area contributed by atoms with E-state index in [0.717, 1.165) is 24.5 Å². The van der Waals surface area contributed by atoms with Gasteiger partial charge in [-0.15, -0.1) is 0 Å². The zero-order valence-electron chi connectivity index (χ0n) is 14.2. The number of piperidine rings is 1. The number of hydrogen-bond donors (Lipinski definition) is 2. The molecule has 4 nitrogen and oxygen atoms in total. The van der Waals surface area contributed by atoms with Crippen molar-refractivity contribution in [1.29, 1.82) is 0 Å². The number of hydrogen-bond acceptors (Lipinski definition) is 3. The van der Waals surface area contributed by atoms with Crippen LogP contribution in [0.2, 0.25) is 0 Å². The third-order valence-corrected chi connectivity index (χ3v) is 4.38. The molecular weight excluding hydrogens is 298 g/mol. The predicted molar refractivity (Wildman–Crippen MR) is 101 cm³/mol. The summed E-state index contributed by atoms with van der Waals surface area (Å²) in [5, 5.41) is 6.07. The number of carbonyl (C=O) groups excluding carboxylic acids is 1. The van der Waals surface area contributed by atoms with Crippen molar-refractivity contribution in [3.63, 3.8) is 0 Å². The molecule has 0 aromatic heterocycles. The lowest BCUT2D eigenvalue weighted by Crippen LogP contribution is -2.29. The molecule has 1 saturated heterocycles. The highest BCUT2D eigenvalue weighted by Crippen LogP contribution is 2.21. The minimum atomic E-state index is -0.0405. The summed E-state index contributed by atoms with van der Waals surface area (Å²) >= 11 is 0. The number of benzene rings is 2. The van der Waals surface area contributed by atoms with Crippen LogP contribution in [0.15, 0.2) is 48.5 Å². The molecule has 4 heteroatoms. The summed E-state index contributed by atoms with van der Waals surface area (Å²) in [5.74, 6) is -0.0405. The average Bonchev–Trinajstić information content (AvgIpc) is 2.63. The molecule has 0 radical (unpaired) electrons. The minimum absolute atomic E-state index is 0.0405. The highest BCUT2D eigenvalue weighted by Gasteiger charge is 2.10. The number of carbonyl (C=O) groups is 1. The van der Waals surface area contributed by atoms with E-state index in [4.69, 9.17) is 0 Å². The molecule has 24 heavy (non-hydrogen) atoms. The standard InChI is InChI=1S/C20H25N3O/c1-16-5-7-17(8-6-16)21-15-20(24)22-18-9-11-19(12-10-18)23-13-3-2-4-14-23/h5-12,21H,2-4,13-15H2,1H3,(H,22,24). The maximum atomic E-state index is 12.1. The SMILES string of the molecule is Cc1ccc(NCC(=O)Nc2ccc(N3CCCCC3)cc2)cc1. The lowest BCUT2D eigenvalue weighted by atomic mass is 10.1. The van der Waals surface area contributed by atoms with Crippen molar-refractivity contribution in [2.75, 3.05) is 35.2 Å². The Morgan fingerprint density at radius 2 is 1.54 bits per heavy atom. The van der Waals surface area contributed by atoms with E-state index < -0.39 is 0 Å². The Bertz CT molecular complexity index is 658. The monoisotopic (exact) mass is 323 g/mol. The third-order valence-electron chi connectivity index (χ3n) is 4.38. The van der Waals surface area contributed by atoms with Gasteiger partial charge in [-0.05, 0) is 62.6 Å². The van der Waals surface area contributed by atoms with Crippen LogP contribution in [0.5, 0.6) is 0 Å². The number of aryl methyl sites for hydroxylation is 1. The summed E-state index contributed by atoms with van der Waals surface area (Å²) in [6, 6.07) is 16.2. The van der Waals surface area contributed by atoms with Gasteiger partial charge in [-0.25, -0.2) is 0 Å². The van der Waals surface area contributed by atoms with Crippen LogP contribution in [-0.2, 0) is 4.79 Å². The maximum Gasteiger partial charge on any atom is 0.243 e. The molecule has 0 bridgehead atoms. The number of anilines is 3. The van der Waals surface area contributed by atoms with Gasteiger partial charge in [-0.3, -0.25) is 4.79 Å². The van der Waals surface area contributed by atoms with Gasteiger partial charge in [0.15, 0.2) is 0 Å². The third kappa shape index (κ3) is 4.51. The summed E-state index contributed by atoms with van der Waals surface area (Å²) in [5.41, 5.74) is 4.24. The van der Waals surface area contributed by atoms with Gasteiger partial charge in [0, 0.05) is 30.2 Å². The first kappa shape index (κ1) is 16.4. The highest BCUT2D eigenvalue weighted by molar-refractivity contribution is 5.93. The topological polar surface area (TPSA) is 44.4 Å². The fourth-order valence-electron chi connectivity index (χ4n) is 2.97. The first-order valence-corrected chi connectivity index (χ1v) is 8.66. The summed E-state index contributed by atoms with van der Waals surface area (Å²) < 4.78 is 0. The van der Waals surface area contributed by atoms with Gasteiger partial charge in [-0.2, -0.15) is 0 Å². The summed E-state index contributed by atoms with van der Waals surface area (Å²) in [6.45, 7) is 4.57. The molecule has 0 aliphatic carbocycles. The molecule has 1 aliphatic heterocycles. The molecule has 2 N–H and O–H groups in total. The van der Waals surface area contributed by atoms with Crippen LogP contribution in [0.3, 0.4) is 0 Å². The molecule has 0 unspecified atom stereocenters. The Morgan fingerprint density at radius 1 is 0.917 bits per heavy atom. The van der Waals surface area contributed by atoms with E-state index >= 15 is 0 Å². The zero-order valence-corrected chi connectivity index (χ0v) is 14.2. The fraction of sp³-hybridized carbons (Fsp3) is 0.350. The number of rotatable bonds is 5. The first-order chi connectivity index (χ1) is 11.7. The van der Waals surface area contributed by atoms with E-state index in [-0.39, 0.29) is 12.5 Å². The van der Waals surface area contributed by atoms with E-state index in [2.05, 4.69) is 27.7 Å². The second-order valence-electron chi connectivity index (χ2n) is 6.36. The Labute approximate surface area is 143 Å². The Kier molecular flexibility index (Phi) is 5.36. The molecule has 0 spiro atoms. The number of nitrogens with one attached hydrogen (secondary N) is 2. The van der Waals surface area contributed by atoms with Gasteiger partial charge in [-0.1, -0.05) is 17.7 Å². The van der Waals surface area contributed by atoms with Crippen molar-refractivity contribution in [3.05, 3.63) is 54.1 Å². The van der Waals surface area contributed by atoms with Crippen LogP contribution in [0.4, 0.5) is 17.1 Å². The first-order valence-electron chi connectivity index (χ1n) is 8.66. The van der Waals surface area contributed by atoms with Crippen LogP contribution < -0.4 is 15.5 Å². The molecule has 1 fully saturated rings. The van der Waals surface area contributed by atoms with Crippen LogP contribution in [0, 0.1) is 6.92 Å². The van der Waals surface area contributed by atoms with E-state index in [9.17, 15) is 4.79 Å². The summed E-state index contributed by atoms with van der Waals surface area (Å²) in [6.07, 6.45) is 3.87. The van der Waals surface area contributed by atoms with Gasteiger partial charge in [0.05, 0.1) is 6.54 Å². The number of nitrogens with zero attached hydrogens (tertiary/aromatic N) is 1. The molecule has 126 valence electrons. The second kappa shape index (κ2) is 7.86. The van der Waals surface area contributed by atoms with Crippen LogP contribution in [-0.4, -0.2) is 25.5 Å². The van der Waals surface area contributed by atoms with Crippen LogP contribution in [0.25, 0.3) is 0 Å². The van der Waals surface area contributed by atoms with Gasteiger partial charge in [0.1, 0.15) is 0 Å². The molecule has 1 heterocycles. The van der Waals surface area contributed by atoms with E-state index in [1.54, 1.807) is 0 Å². The Hall–Kier alpha value is -2.49. The predicted octanol–water partition coefficient (Wildman–Crippen LogP) is 4.04. The Morgan fingerprint density at radius 3 is 2.21 bits per heavy atom. The van der Waals surface area contributed by atoms with E-state index in [1.165, 1.54) is 30.5 Å². The van der Waals surface area contributed by atoms with E-state index in [1.807, 2.05) is 43.3 Å². The molecule has 2 aromatic carbocycles. The smallest absolute Gasteiger partial charge is 0.243 e. The molecule has 0 atom stereocenters. The fourth-order valence-corrected chi connectivity index (χ4v) is 2.97. The van der Waals surface area contributed by atoms with Gasteiger partial charge in [0.2, 0.25) is 5.91 Å².